The van der Waals surface area contributed by atoms with Crippen molar-refractivity contribution in [1.82, 2.24) is 10.2 Å². The summed E-state index contributed by atoms with van der Waals surface area (Å²) in [5, 5.41) is 6.37. The molecule has 0 amide bonds. The lowest BCUT2D eigenvalue weighted by atomic mass is 10.1. The normalized spacial score (nSPS) is 9.50. The summed E-state index contributed by atoms with van der Waals surface area (Å²) < 4.78 is 13.2. The summed E-state index contributed by atoms with van der Waals surface area (Å²) in [4.78, 5) is 0. The van der Waals surface area contributed by atoms with Crippen LogP contribution in [0.1, 0.15) is 0 Å². The Hall–Kier alpha value is -1.55. The molecule has 5 heteroatoms. The molecule has 3 N–H and O–H groups in total. The van der Waals surface area contributed by atoms with Gasteiger partial charge < -0.3 is 5.73 Å². The van der Waals surface area contributed by atoms with Crippen molar-refractivity contribution in [2.75, 3.05) is 5.73 Å². The maximum atomic E-state index is 13.2. The summed E-state index contributed by atoms with van der Waals surface area (Å²) >= 11 is 0. The van der Waals surface area contributed by atoms with E-state index in [0.29, 0.717) is 16.9 Å². The molecule has 3 nitrogen and oxygen atoms in total. The number of aromatic nitrogens is 2. The SMILES string of the molecule is Cl.Nc1cn[nH]c1-c1ccccc1F. The molecule has 0 aliphatic rings. The largest absolute Gasteiger partial charge is 0.396 e. The van der Waals surface area contributed by atoms with Crippen LogP contribution in [-0.2, 0) is 0 Å². The molecular weight excluding hydrogens is 205 g/mol. The smallest absolute Gasteiger partial charge is 0.132 e. The number of nitrogens with one attached hydrogen (secondary N) is 1. The molecular formula is C9H9ClFN3. The molecule has 0 saturated carbocycles. The lowest BCUT2D eigenvalue weighted by Gasteiger charge is -1.99. The van der Waals surface area contributed by atoms with Crippen LogP contribution in [0, 0.1) is 5.82 Å². The highest BCUT2D eigenvalue weighted by atomic mass is 35.5. The molecule has 0 fully saturated rings. The molecule has 74 valence electrons. The molecule has 0 bridgehead atoms. The fraction of sp³-hybridized carbons (Fsp3) is 0. The van der Waals surface area contributed by atoms with Crippen molar-refractivity contribution in [3.05, 3.63) is 36.3 Å². The van der Waals surface area contributed by atoms with Gasteiger partial charge in [-0.05, 0) is 12.1 Å². The summed E-state index contributed by atoms with van der Waals surface area (Å²) in [6.07, 6.45) is 1.46. The Morgan fingerprint density at radius 2 is 2.00 bits per heavy atom. The third-order valence-electron chi connectivity index (χ3n) is 1.81. The van der Waals surface area contributed by atoms with Crippen LogP contribution in [0.25, 0.3) is 11.3 Å². The average Bonchev–Trinajstić information content (AvgIpc) is 2.52. The van der Waals surface area contributed by atoms with E-state index in [9.17, 15) is 4.39 Å². The molecule has 1 heterocycles. The van der Waals surface area contributed by atoms with Gasteiger partial charge in [0.25, 0.3) is 0 Å². The molecule has 0 aliphatic carbocycles. The molecule has 0 spiro atoms. The van der Waals surface area contributed by atoms with Gasteiger partial charge >= 0.3 is 0 Å². The van der Waals surface area contributed by atoms with Gasteiger partial charge in [0.15, 0.2) is 0 Å². The molecule has 0 radical (unpaired) electrons. The Morgan fingerprint density at radius 3 is 2.57 bits per heavy atom. The summed E-state index contributed by atoms with van der Waals surface area (Å²) in [5.74, 6) is -0.307. The van der Waals surface area contributed by atoms with Crippen LogP contribution in [0.2, 0.25) is 0 Å². The van der Waals surface area contributed by atoms with E-state index < -0.39 is 0 Å². The van der Waals surface area contributed by atoms with Crippen LogP contribution in [0.5, 0.6) is 0 Å². The Morgan fingerprint density at radius 1 is 1.29 bits per heavy atom. The highest BCUT2D eigenvalue weighted by Crippen LogP contribution is 2.24. The number of nitrogens with zero attached hydrogens (tertiary/aromatic N) is 1. The number of hydrogen-bond acceptors (Lipinski definition) is 2. The van der Waals surface area contributed by atoms with Crippen LogP contribution in [0.15, 0.2) is 30.5 Å². The fourth-order valence-electron chi connectivity index (χ4n) is 1.18. The molecule has 2 rings (SSSR count). The second-order valence-electron chi connectivity index (χ2n) is 2.68. The maximum Gasteiger partial charge on any atom is 0.132 e. The van der Waals surface area contributed by atoms with Gasteiger partial charge in [-0.15, -0.1) is 12.4 Å². The number of halogens is 2. The summed E-state index contributed by atoms with van der Waals surface area (Å²) in [6, 6.07) is 6.42. The van der Waals surface area contributed by atoms with Crippen molar-refractivity contribution >= 4 is 18.1 Å². The van der Waals surface area contributed by atoms with E-state index in [0.717, 1.165) is 0 Å². The Labute approximate surface area is 86.5 Å². The second-order valence-corrected chi connectivity index (χ2v) is 2.68. The highest BCUT2D eigenvalue weighted by Gasteiger charge is 2.08. The number of nitrogens with two attached hydrogens (primary N) is 1. The first-order chi connectivity index (χ1) is 6.29. The zero-order valence-corrected chi connectivity index (χ0v) is 8.01. The predicted octanol–water partition coefficient (Wildman–Crippen LogP) is 2.22. The van der Waals surface area contributed by atoms with Gasteiger partial charge in [-0.25, -0.2) is 4.39 Å². The topological polar surface area (TPSA) is 54.7 Å². The lowest BCUT2D eigenvalue weighted by Crippen LogP contribution is -1.89. The zero-order valence-electron chi connectivity index (χ0n) is 7.20. The molecule has 14 heavy (non-hydrogen) atoms. The van der Waals surface area contributed by atoms with Gasteiger partial charge in [0.2, 0.25) is 0 Å². The monoisotopic (exact) mass is 213 g/mol. The number of anilines is 1. The van der Waals surface area contributed by atoms with Crippen molar-refractivity contribution in [3.8, 4) is 11.3 Å². The predicted molar refractivity (Wildman–Crippen MR) is 55.6 cm³/mol. The van der Waals surface area contributed by atoms with E-state index in [1.165, 1.54) is 12.3 Å². The van der Waals surface area contributed by atoms with Gasteiger partial charge in [-0.3, -0.25) is 5.10 Å². The Balaban J connectivity index is 0.000000980. The first-order valence-corrected chi connectivity index (χ1v) is 3.83. The number of rotatable bonds is 1. The first kappa shape index (κ1) is 10.5. The van der Waals surface area contributed by atoms with E-state index in [1.807, 2.05) is 0 Å². The number of H-pyrrole nitrogens is 1. The van der Waals surface area contributed by atoms with Crippen LogP contribution < -0.4 is 5.73 Å². The van der Waals surface area contributed by atoms with Crippen molar-refractivity contribution in [2.45, 2.75) is 0 Å². The Bertz CT molecular complexity index is 428. The minimum absolute atomic E-state index is 0. The molecule has 1 aromatic heterocycles. The number of aromatic amines is 1. The number of hydrogen-bond donors (Lipinski definition) is 2. The third-order valence-corrected chi connectivity index (χ3v) is 1.81. The van der Waals surface area contributed by atoms with Gasteiger partial charge in [0.1, 0.15) is 5.82 Å². The molecule has 0 saturated heterocycles. The minimum Gasteiger partial charge on any atom is -0.396 e. The summed E-state index contributed by atoms with van der Waals surface area (Å²) in [5.41, 5.74) is 7.00. The van der Waals surface area contributed by atoms with E-state index in [1.54, 1.807) is 18.2 Å². The van der Waals surface area contributed by atoms with E-state index >= 15 is 0 Å². The van der Waals surface area contributed by atoms with E-state index in [2.05, 4.69) is 10.2 Å². The second kappa shape index (κ2) is 4.11. The molecule has 2 aromatic rings. The fourth-order valence-corrected chi connectivity index (χ4v) is 1.18. The van der Waals surface area contributed by atoms with E-state index in [4.69, 9.17) is 5.73 Å². The number of nitrogen functional groups attached to an aromatic ring is 1. The molecule has 0 unspecified atom stereocenters. The number of benzene rings is 1. The standard InChI is InChI=1S/C9H8FN3.ClH/c10-7-4-2-1-3-6(7)9-8(11)5-12-13-9;/h1-5H,11H2,(H,12,13);1H. The van der Waals surface area contributed by atoms with Gasteiger partial charge in [0.05, 0.1) is 17.6 Å². The van der Waals surface area contributed by atoms with Gasteiger partial charge in [-0.1, -0.05) is 12.1 Å². The van der Waals surface area contributed by atoms with Gasteiger partial charge in [-0.2, -0.15) is 5.10 Å². The van der Waals surface area contributed by atoms with E-state index in [-0.39, 0.29) is 18.2 Å². The van der Waals surface area contributed by atoms with Crippen molar-refractivity contribution in [2.24, 2.45) is 0 Å². The summed E-state index contributed by atoms with van der Waals surface area (Å²) in [6.45, 7) is 0. The van der Waals surface area contributed by atoms with Crippen LogP contribution in [0.3, 0.4) is 0 Å². The first-order valence-electron chi connectivity index (χ1n) is 3.83. The maximum absolute atomic E-state index is 13.2. The molecule has 0 aliphatic heterocycles. The van der Waals surface area contributed by atoms with Crippen molar-refractivity contribution in [3.63, 3.8) is 0 Å². The van der Waals surface area contributed by atoms with Crippen LogP contribution in [-0.4, -0.2) is 10.2 Å². The van der Waals surface area contributed by atoms with Crippen molar-refractivity contribution in [1.29, 1.82) is 0 Å². The zero-order chi connectivity index (χ0) is 9.26. The highest BCUT2D eigenvalue weighted by molar-refractivity contribution is 5.85. The molecule has 0 atom stereocenters. The lowest BCUT2D eigenvalue weighted by molar-refractivity contribution is 0.630. The quantitative estimate of drug-likeness (QED) is 0.763. The van der Waals surface area contributed by atoms with Crippen LogP contribution in [0.4, 0.5) is 10.1 Å². The third kappa shape index (κ3) is 1.70. The summed E-state index contributed by atoms with van der Waals surface area (Å²) in [7, 11) is 0. The minimum atomic E-state index is -0.307. The molecule has 1 aromatic carbocycles. The average molecular weight is 214 g/mol. The Kier molecular flexibility index (Phi) is 3.09. The van der Waals surface area contributed by atoms with Crippen LogP contribution >= 0.6 is 12.4 Å². The van der Waals surface area contributed by atoms with Gasteiger partial charge in [0, 0.05) is 5.56 Å². The van der Waals surface area contributed by atoms with Crippen molar-refractivity contribution < 1.29 is 4.39 Å².